The molecule has 3 aromatic rings. The second-order valence-electron chi connectivity index (χ2n) is 7.84. The van der Waals surface area contributed by atoms with Crippen LogP contribution >= 0.6 is 0 Å². The molecule has 4 rings (SSSR count). The molecule has 1 aromatic carbocycles. The molecule has 1 aliphatic carbocycles. The van der Waals surface area contributed by atoms with Gasteiger partial charge in [-0.05, 0) is 62.9 Å². The van der Waals surface area contributed by atoms with Crippen LogP contribution in [0.25, 0.3) is 22.3 Å². The van der Waals surface area contributed by atoms with Crippen molar-refractivity contribution in [1.29, 1.82) is 0 Å². The van der Waals surface area contributed by atoms with E-state index in [1.54, 1.807) is 19.1 Å². The molecule has 0 aliphatic heterocycles. The van der Waals surface area contributed by atoms with Crippen LogP contribution in [0.15, 0.2) is 30.3 Å². The topological polar surface area (TPSA) is 157 Å². The van der Waals surface area contributed by atoms with Crippen LogP contribution in [0.3, 0.4) is 0 Å². The number of aromatic nitrogens is 3. The zero-order valence-electron chi connectivity index (χ0n) is 16.5. The smallest absolute Gasteiger partial charge is 0.336 e. The van der Waals surface area contributed by atoms with Crippen LogP contribution in [0, 0.1) is 6.92 Å². The van der Waals surface area contributed by atoms with E-state index in [1.165, 1.54) is 22.9 Å². The summed E-state index contributed by atoms with van der Waals surface area (Å²) in [5, 5.41) is 24.3. The van der Waals surface area contributed by atoms with E-state index in [1.807, 2.05) is 0 Å². The Bertz CT molecular complexity index is 1140. The molecular weight excluding hydrogens is 386 g/mol. The fourth-order valence-electron chi connectivity index (χ4n) is 4.22. The van der Waals surface area contributed by atoms with E-state index in [0.717, 1.165) is 0 Å². The largest absolute Gasteiger partial charge is 0.508 e. The average Bonchev–Trinajstić information content (AvgIpc) is 3.05. The first-order valence-corrected chi connectivity index (χ1v) is 9.72. The van der Waals surface area contributed by atoms with Crippen molar-refractivity contribution in [1.82, 2.24) is 14.8 Å². The fourth-order valence-corrected chi connectivity index (χ4v) is 4.22. The van der Waals surface area contributed by atoms with Crippen molar-refractivity contribution in [3.63, 3.8) is 0 Å². The van der Waals surface area contributed by atoms with Crippen molar-refractivity contribution in [2.75, 3.05) is 0 Å². The number of pyridine rings is 1. The molecule has 0 radical (unpaired) electrons. The second-order valence-corrected chi connectivity index (χ2v) is 7.84. The summed E-state index contributed by atoms with van der Waals surface area (Å²) in [5.41, 5.74) is 12.6. The van der Waals surface area contributed by atoms with Gasteiger partial charge in [0.15, 0.2) is 5.65 Å². The molecule has 2 heterocycles. The first-order valence-electron chi connectivity index (χ1n) is 9.72. The number of phenols is 1. The van der Waals surface area contributed by atoms with Gasteiger partial charge in [0.05, 0.1) is 22.3 Å². The summed E-state index contributed by atoms with van der Waals surface area (Å²) < 4.78 is 1.50. The highest BCUT2D eigenvalue weighted by atomic mass is 16.4. The molecule has 0 spiro atoms. The van der Waals surface area contributed by atoms with Gasteiger partial charge in [-0.3, -0.25) is 4.79 Å². The van der Waals surface area contributed by atoms with E-state index in [2.05, 4.69) is 10.1 Å². The van der Waals surface area contributed by atoms with E-state index < -0.39 is 17.4 Å². The molecule has 6 N–H and O–H groups in total. The van der Waals surface area contributed by atoms with E-state index >= 15 is 0 Å². The molecular formula is C21H23N5O4. The lowest BCUT2D eigenvalue weighted by molar-refractivity contribution is -0.128. The van der Waals surface area contributed by atoms with Gasteiger partial charge in [-0.1, -0.05) is 0 Å². The minimum Gasteiger partial charge on any atom is -0.508 e. The van der Waals surface area contributed by atoms with Crippen LogP contribution < -0.4 is 11.5 Å². The standard InChI is InChI=1S/C21H23N5O4/c1-11-17-15(19(28)29)10-16(12-2-4-14(27)5-3-12)24-18(17)26(25-11)21(20(23)30)8-6-13(22)7-9-21/h2-5,10,13,27H,6-9,22H2,1H3,(H2,23,30)(H,28,29). The third kappa shape index (κ3) is 3.07. The summed E-state index contributed by atoms with van der Waals surface area (Å²) in [6.07, 6.45) is 2.03. The summed E-state index contributed by atoms with van der Waals surface area (Å²) in [7, 11) is 0. The fraction of sp³-hybridized carbons (Fsp3) is 0.333. The number of hydrogen-bond donors (Lipinski definition) is 4. The maximum absolute atomic E-state index is 12.6. The second kappa shape index (κ2) is 7.10. The van der Waals surface area contributed by atoms with E-state index in [9.17, 15) is 19.8 Å². The number of hydrogen-bond acceptors (Lipinski definition) is 6. The van der Waals surface area contributed by atoms with E-state index in [0.29, 0.717) is 53.7 Å². The highest BCUT2D eigenvalue weighted by Gasteiger charge is 2.44. The Morgan fingerprint density at radius 3 is 2.40 bits per heavy atom. The van der Waals surface area contributed by atoms with Gasteiger partial charge < -0.3 is 21.7 Å². The molecule has 9 heteroatoms. The van der Waals surface area contributed by atoms with Gasteiger partial charge in [-0.25, -0.2) is 14.5 Å². The van der Waals surface area contributed by atoms with Crippen molar-refractivity contribution in [2.24, 2.45) is 11.5 Å². The molecule has 1 saturated carbocycles. The number of carboxylic acid groups (broad SMARTS) is 1. The first kappa shape index (κ1) is 19.8. The number of rotatable bonds is 4. The number of aromatic hydroxyl groups is 1. The quantitative estimate of drug-likeness (QED) is 0.512. The summed E-state index contributed by atoms with van der Waals surface area (Å²) in [6.45, 7) is 1.69. The normalized spacial score (nSPS) is 21.6. The molecule has 0 unspecified atom stereocenters. The lowest BCUT2D eigenvalue weighted by Gasteiger charge is -2.37. The van der Waals surface area contributed by atoms with Crippen molar-refractivity contribution in [2.45, 2.75) is 44.2 Å². The zero-order valence-corrected chi connectivity index (χ0v) is 16.5. The van der Waals surface area contributed by atoms with Crippen molar-refractivity contribution < 1.29 is 19.8 Å². The monoisotopic (exact) mass is 409 g/mol. The van der Waals surface area contributed by atoms with E-state index in [-0.39, 0.29) is 17.4 Å². The van der Waals surface area contributed by atoms with E-state index in [4.69, 9.17) is 11.5 Å². The van der Waals surface area contributed by atoms with Crippen molar-refractivity contribution in [3.05, 3.63) is 41.6 Å². The van der Waals surface area contributed by atoms with Crippen LogP contribution in [0.2, 0.25) is 0 Å². The maximum atomic E-state index is 12.6. The summed E-state index contributed by atoms with van der Waals surface area (Å²) >= 11 is 0. The van der Waals surface area contributed by atoms with Crippen molar-refractivity contribution >= 4 is 22.9 Å². The van der Waals surface area contributed by atoms with Gasteiger partial charge in [-0.2, -0.15) is 5.10 Å². The number of amides is 1. The number of aryl methyl sites for hydroxylation is 1. The molecule has 156 valence electrons. The van der Waals surface area contributed by atoms with Gasteiger partial charge in [-0.15, -0.1) is 0 Å². The molecule has 1 aliphatic rings. The number of carbonyl (C=O) groups is 2. The Kier molecular flexibility index (Phi) is 4.70. The molecule has 1 fully saturated rings. The molecule has 0 saturated heterocycles. The third-order valence-electron chi connectivity index (χ3n) is 5.93. The number of carbonyl (C=O) groups excluding carboxylic acids is 1. The SMILES string of the molecule is Cc1nn(C2(C(N)=O)CCC(N)CC2)c2nc(-c3ccc(O)cc3)cc(C(=O)O)c12. The maximum Gasteiger partial charge on any atom is 0.336 e. The lowest BCUT2D eigenvalue weighted by Crippen LogP contribution is -2.51. The lowest BCUT2D eigenvalue weighted by atomic mass is 9.79. The van der Waals surface area contributed by atoms with Gasteiger partial charge in [0.1, 0.15) is 11.3 Å². The molecule has 1 amide bonds. The van der Waals surface area contributed by atoms with Crippen LogP contribution in [0.1, 0.15) is 41.7 Å². The predicted molar refractivity (Wildman–Crippen MR) is 110 cm³/mol. The first-order chi connectivity index (χ1) is 14.2. The molecule has 0 atom stereocenters. The average molecular weight is 409 g/mol. The molecule has 30 heavy (non-hydrogen) atoms. The highest BCUT2D eigenvalue weighted by Crippen LogP contribution is 2.38. The Hall–Kier alpha value is -3.46. The minimum absolute atomic E-state index is 0.0181. The Morgan fingerprint density at radius 1 is 1.20 bits per heavy atom. The van der Waals surface area contributed by atoms with Crippen LogP contribution in [0.5, 0.6) is 5.75 Å². The summed E-state index contributed by atoms with van der Waals surface area (Å²) in [4.78, 5) is 29.3. The number of carboxylic acids is 1. The number of aromatic carboxylic acids is 1. The number of phenolic OH excluding ortho intramolecular Hbond substituents is 1. The number of nitrogens with zero attached hydrogens (tertiary/aromatic N) is 3. The molecule has 9 nitrogen and oxygen atoms in total. The van der Waals surface area contributed by atoms with Crippen LogP contribution in [0.4, 0.5) is 0 Å². The number of benzene rings is 1. The van der Waals surface area contributed by atoms with Crippen molar-refractivity contribution in [3.8, 4) is 17.0 Å². The zero-order chi connectivity index (χ0) is 21.6. The van der Waals surface area contributed by atoms with Gasteiger partial charge in [0.2, 0.25) is 5.91 Å². The number of fused-ring (bicyclic) bond motifs is 1. The highest BCUT2D eigenvalue weighted by molar-refractivity contribution is 6.04. The number of primary amides is 1. The molecule has 0 bridgehead atoms. The van der Waals surface area contributed by atoms with Gasteiger partial charge >= 0.3 is 5.97 Å². The Labute approximate surface area is 172 Å². The Morgan fingerprint density at radius 2 is 1.83 bits per heavy atom. The summed E-state index contributed by atoms with van der Waals surface area (Å²) in [6, 6.07) is 7.74. The van der Waals surface area contributed by atoms with Gasteiger partial charge in [0, 0.05) is 11.6 Å². The predicted octanol–water partition coefficient (Wildman–Crippen LogP) is 1.89. The Balaban J connectivity index is 2.01. The van der Waals surface area contributed by atoms with Crippen LogP contribution in [-0.2, 0) is 10.3 Å². The number of nitrogens with two attached hydrogens (primary N) is 2. The van der Waals surface area contributed by atoms with Gasteiger partial charge in [0.25, 0.3) is 0 Å². The van der Waals surface area contributed by atoms with Crippen LogP contribution in [-0.4, -0.2) is 42.9 Å². The molecule has 2 aromatic heterocycles. The minimum atomic E-state index is -1.12. The third-order valence-corrected chi connectivity index (χ3v) is 5.93. The summed E-state index contributed by atoms with van der Waals surface area (Å²) in [5.74, 6) is -1.57.